The van der Waals surface area contributed by atoms with Crippen molar-refractivity contribution in [1.82, 2.24) is 0 Å². The van der Waals surface area contributed by atoms with E-state index in [0.717, 1.165) is 37.8 Å². The van der Waals surface area contributed by atoms with Gasteiger partial charge in [-0.15, -0.1) is 0 Å². The van der Waals surface area contributed by atoms with Gasteiger partial charge in [0, 0.05) is 12.2 Å². The molecule has 0 fully saturated rings. The summed E-state index contributed by atoms with van der Waals surface area (Å²) in [6.07, 6.45) is 33.3. The van der Waals surface area contributed by atoms with Crippen LogP contribution in [-0.2, 0) is 28.7 Å². The number of carboxylic acids is 2. The third-order valence-electron chi connectivity index (χ3n) is 7.20. The van der Waals surface area contributed by atoms with E-state index in [-0.39, 0.29) is 48.9 Å². The second-order valence-corrected chi connectivity index (χ2v) is 11.4. The van der Waals surface area contributed by atoms with Crippen LogP contribution < -0.4 is 10.2 Å². The Morgan fingerprint density at radius 1 is 0.400 bits per heavy atom. The largest absolute Gasteiger partial charge is 2.00 e. The van der Waals surface area contributed by atoms with Crippen LogP contribution in [0.2, 0.25) is 0 Å². The van der Waals surface area contributed by atoms with Crippen molar-refractivity contribution in [1.29, 1.82) is 0 Å². The van der Waals surface area contributed by atoms with Crippen LogP contribution >= 0.6 is 0 Å². The van der Waals surface area contributed by atoms with E-state index in [2.05, 4.69) is 13.8 Å². The molecule has 0 aliphatic rings. The van der Waals surface area contributed by atoms with Gasteiger partial charge in [0.2, 0.25) is 0 Å². The van der Waals surface area contributed by atoms with E-state index in [1.54, 1.807) is 0 Å². The SMILES string of the molecule is CCCCCCCCCCCCCCOC(=O)/C=C\C(=O)[O-].CCCCCCCCCCCCCCOC(=O)/C=C\C(=O)[O-].[Ba+2]. The quantitative estimate of drug-likeness (QED) is 0.0343. The summed E-state index contributed by atoms with van der Waals surface area (Å²) in [5, 5.41) is 20.2. The Bertz CT molecular complexity index is 689. The third kappa shape index (κ3) is 47.5. The van der Waals surface area contributed by atoms with Crippen LogP contribution in [-0.4, -0.2) is 86.0 Å². The average molecular weight is 760 g/mol. The molecular formula is C36H62BaO8. The van der Waals surface area contributed by atoms with E-state index >= 15 is 0 Å². The van der Waals surface area contributed by atoms with Gasteiger partial charge < -0.3 is 29.3 Å². The minimum absolute atomic E-state index is 0. The molecule has 0 spiro atoms. The molecule has 0 N–H and O–H groups in total. The fraction of sp³-hybridized carbons (Fsp3) is 0.778. The molecule has 0 aromatic heterocycles. The number of aliphatic carboxylic acids is 2. The molecule has 0 rings (SSSR count). The van der Waals surface area contributed by atoms with Crippen LogP contribution in [0.15, 0.2) is 24.3 Å². The zero-order chi connectivity index (χ0) is 32.9. The van der Waals surface area contributed by atoms with E-state index < -0.39 is 23.9 Å². The Balaban J connectivity index is -0.000000767. The summed E-state index contributed by atoms with van der Waals surface area (Å²) >= 11 is 0. The van der Waals surface area contributed by atoms with Gasteiger partial charge in [0.1, 0.15) is 0 Å². The van der Waals surface area contributed by atoms with Crippen molar-refractivity contribution in [2.24, 2.45) is 0 Å². The second-order valence-electron chi connectivity index (χ2n) is 11.4. The van der Waals surface area contributed by atoms with Gasteiger partial charge in [0.25, 0.3) is 0 Å². The maximum Gasteiger partial charge on any atom is 2.00 e. The van der Waals surface area contributed by atoms with Gasteiger partial charge >= 0.3 is 60.8 Å². The predicted octanol–water partition coefficient (Wildman–Crippen LogP) is 6.69. The molecule has 0 saturated heterocycles. The fourth-order valence-electron chi connectivity index (χ4n) is 4.60. The molecule has 45 heavy (non-hydrogen) atoms. The van der Waals surface area contributed by atoms with Crippen molar-refractivity contribution in [2.75, 3.05) is 13.2 Å². The number of hydrogen-bond acceptors (Lipinski definition) is 8. The van der Waals surface area contributed by atoms with Gasteiger partial charge in [-0.05, 0) is 25.0 Å². The van der Waals surface area contributed by atoms with E-state index in [9.17, 15) is 29.4 Å². The molecule has 0 radical (unpaired) electrons. The summed E-state index contributed by atoms with van der Waals surface area (Å²) in [7, 11) is 0. The molecule has 0 aliphatic carbocycles. The first kappa shape index (κ1) is 48.3. The summed E-state index contributed by atoms with van der Waals surface area (Å²) < 4.78 is 9.73. The molecule has 0 heterocycles. The van der Waals surface area contributed by atoms with Crippen LogP contribution in [0, 0.1) is 0 Å². The van der Waals surface area contributed by atoms with Crippen LogP contribution in [0.25, 0.3) is 0 Å². The van der Waals surface area contributed by atoms with E-state index in [4.69, 9.17) is 9.47 Å². The summed E-state index contributed by atoms with van der Waals surface area (Å²) in [5.74, 6) is -4.01. The number of carbonyl (C=O) groups excluding carboxylic acids is 4. The summed E-state index contributed by atoms with van der Waals surface area (Å²) in [5.41, 5.74) is 0. The number of carbonyl (C=O) groups is 4. The molecule has 0 aliphatic heterocycles. The molecule has 0 bridgehead atoms. The minimum Gasteiger partial charge on any atom is -0.545 e. The molecule has 8 nitrogen and oxygen atoms in total. The van der Waals surface area contributed by atoms with Crippen molar-refractivity contribution in [3.05, 3.63) is 24.3 Å². The number of unbranched alkanes of at least 4 members (excludes halogenated alkanes) is 22. The molecule has 256 valence electrons. The first-order valence-electron chi connectivity index (χ1n) is 17.4. The molecule has 0 aromatic carbocycles. The summed E-state index contributed by atoms with van der Waals surface area (Å²) in [6, 6.07) is 0. The van der Waals surface area contributed by atoms with Crippen molar-refractivity contribution in [3.63, 3.8) is 0 Å². The Hall–Kier alpha value is -1.07. The number of ether oxygens (including phenoxy) is 2. The topological polar surface area (TPSA) is 133 Å². The van der Waals surface area contributed by atoms with Crippen LogP contribution in [0.1, 0.15) is 168 Å². The summed E-state index contributed by atoms with van der Waals surface area (Å²) in [6.45, 7) is 5.19. The predicted molar refractivity (Wildman–Crippen MR) is 178 cm³/mol. The Morgan fingerprint density at radius 3 is 0.844 bits per heavy atom. The van der Waals surface area contributed by atoms with Gasteiger partial charge in [-0.1, -0.05) is 155 Å². The maximum atomic E-state index is 11.0. The van der Waals surface area contributed by atoms with Crippen LogP contribution in [0.5, 0.6) is 0 Å². The normalized spacial score (nSPS) is 10.7. The van der Waals surface area contributed by atoms with E-state index in [1.165, 1.54) is 128 Å². The van der Waals surface area contributed by atoms with Crippen molar-refractivity contribution in [3.8, 4) is 0 Å². The average Bonchev–Trinajstić information content (AvgIpc) is 3.00. The molecule has 0 saturated carbocycles. The molecular weight excluding hydrogens is 698 g/mol. The molecule has 0 unspecified atom stereocenters. The standard InChI is InChI=1S/2C18H32O4.Ba/c2*1-2-3-4-5-6-7-8-9-10-11-12-13-16-22-18(21)15-14-17(19)20;/h2*14-15H,2-13,16H2,1H3,(H,19,20);/q;;+2/p-2/b2*15-14-;. The molecule has 0 atom stereocenters. The van der Waals surface area contributed by atoms with Crippen molar-refractivity contribution >= 4 is 72.8 Å². The van der Waals surface area contributed by atoms with Gasteiger partial charge in [0.05, 0.1) is 25.2 Å². The van der Waals surface area contributed by atoms with Crippen LogP contribution in [0.4, 0.5) is 0 Å². The number of rotatable bonds is 30. The van der Waals surface area contributed by atoms with Gasteiger partial charge in [-0.25, -0.2) is 9.59 Å². The van der Waals surface area contributed by atoms with E-state index in [1.807, 2.05) is 0 Å². The smallest absolute Gasteiger partial charge is 0.545 e. The van der Waals surface area contributed by atoms with Gasteiger partial charge in [-0.3, -0.25) is 0 Å². The minimum atomic E-state index is -1.39. The monoisotopic (exact) mass is 760 g/mol. The van der Waals surface area contributed by atoms with Gasteiger partial charge in [-0.2, -0.15) is 0 Å². The Kier molecular flexibility index (Phi) is 44.0. The van der Waals surface area contributed by atoms with E-state index in [0.29, 0.717) is 25.4 Å². The van der Waals surface area contributed by atoms with Crippen molar-refractivity contribution in [2.45, 2.75) is 168 Å². The molecule has 0 amide bonds. The van der Waals surface area contributed by atoms with Crippen molar-refractivity contribution < 1.29 is 38.9 Å². The Morgan fingerprint density at radius 2 is 0.622 bits per heavy atom. The first-order valence-corrected chi connectivity index (χ1v) is 17.4. The number of esters is 2. The number of hydrogen-bond donors (Lipinski definition) is 0. The zero-order valence-electron chi connectivity index (χ0n) is 28.7. The fourth-order valence-corrected chi connectivity index (χ4v) is 4.60. The zero-order valence-corrected chi connectivity index (χ0v) is 33.1. The second kappa shape index (κ2) is 41.0. The van der Waals surface area contributed by atoms with Crippen LogP contribution in [0.3, 0.4) is 0 Å². The summed E-state index contributed by atoms with van der Waals surface area (Å²) in [4.78, 5) is 42.3. The van der Waals surface area contributed by atoms with Gasteiger partial charge in [0.15, 0.2) is 0 Å². The first-order chi connectivity index (χ1) is 21.3. The maximum absolute atomic E-state index is 11.0. The molecule has 9 heteroatoms. The number of carboxylic acid groups (broad SMARTS) is 2. The third-order valence-corrected chi connectivity index (χ3v) is 7.20. The molecule has 0 aromatic rings. The Labute approximate surface area is 314 Å².